The number of rotatable bonds is 7. The Hall–Kier alpha value is -0.450. The minimum Gasteiger partial charge on any atom is -0.305 e. The van der Waals surface area contributed by atoms with Crippen molar-refractivity contribution >= 4 is 11.3 Å². The van der Waals surface area contributed by atoms with Gasteiger partial charge >= 0.3 is 0 Å². The molecule has 1 aromatic heterocycles. The second-order valence-corrected chi connectivity index (χ2v) is 6.36. The fraction of sp³-hybridized carbons (Fsp3) is 0.786. The van der Waals surface area contributed by atoms with Crippen LogP contribution in [0.1, 0.15) is 49.3 Å². The van der Waals surface area contributed by atoms with Crippen LogP contribution in [-0.4, -0.2) is 35.6 Å². The van der Waals surface area contributed by atoms with Crippen molar-refractivity contribution in [2.75, 3.05) is 19.6 Å². The molecule has 1 rings (SSSR count). The van der Waals surface area contributed by atoms with Crippen molar-refractivity contribution in [2.24, 2.45) is 0 Å². The fourth-order valence-electron chi connectivity index (χ4n) is 2.37. The summed E-state index contributed by atoms with van der Waals surface area (Å²) in [5.41, 5.74) is 1.21. The predicted molar refractivity (Wildman–Crippen MR) is 80.4 cm³/mol. The summed E-state index contributed by atoms with van der Waals surface area (Å²) >= 11 is 1.79. The van der Waals surface area contributed by atoms with Gasteiger partial charge in [0.1, 0.15) is 0 Å². The minimum atomic E-state index is 0.334. The van der Waals surface area contributed by atoms with Crippen LogP contribution in [0.15, 0.2) is 0 Å². The second-order valence-electron chi connectivity index (χ2n) is 4.95. The minimum absolute atomic E-state index is 0.334. The van der Waals surface area contributed by atoms with Crippen LogP contribution in [0.5, 0.6) is 0 Å². The van der Waals surface area contributed by atoms with E-state index in [0.717, 1.165) is 24.6 Å². The Bertz CT molecular complexity index is 358. The molecule has 0 aliphatic heterocycles. The zero-order valence-corrected chi connectivity index (χ0v) is 13.4. The topological polar surface area (TPSA) is 28.2 Å². The molecule has 4 heteroatoms. The molecule has 1 heterocycles. The molecule has 3 nitrogen and oxygen atoms in total. The zero-order valence-electron chi connectivity index (χ0n) is 12.6. The van der Waals surface area contributed by atoms with Crippen LogP contribution in [-0.2, 0) is 0 Å². The lowest BCUT2D eigenvalue weighted by Gasteiger charge is -2.25. The van der Waals surface area contributed by atoms with Crippen LogP contribution in [0.3, 0.4) is 0 Å². The van der Waals surface area contributed by atoms with E-state index in [9.17, 15) is 0 Å². The fourth-order valence-corrected chi connectivity index (χ4v) is 3.29. The lowest BCUT2D eigenvalue weighted by molar-refractivity contribution is 0.263. The largest absolute Gasteiger partial charge is 0.305 e. The third-order valence-corrected chi connectivity index (χ3v) is 4.21. The summed E-state index contributed by atoms with van der Waals surface area (Å²) in [6.45, 7) is 16.5. The number of hydrogen-bond acceptors (Lipinski definition) is 4. The van der Waals surface area contributed by atoms with Crippen LogP contribution in [0.2, 0.25) is 0 Å². The number of nitrogens with one attached hydrogen (secondary N) is 1. The van der Waals surface area contributed by atoms with Crippen molar-refractivity contribution in [3.8, 4) is 0 Å². The van der Waals surface area contributed by atoms with Crippen molar-refractivity contribution in [2.45, 2.75) is 53.6 Å². The quantitative estimate of drug-likeness (QED) is 0.824. The Labute approximate surface area is 116 Å². The second kappa shape index (κ2) is 7.22. The number of likely N-dealkylation sites (N-methyl/N-ethyl adjacent to an activating group) is 1. The van der Waals surface area contributed by atoms with Gasteiger partial charge in [0.05, 0.1) is 10.7 Å². The van der Waals surface area contributed by atoms with Crippen molar-refractivity contribution in [1.29, 1.82) is 0 Å². The van der Waals surface area contributed by atoms with E-state index in [1.54, 1.807) is 11.3 Å². The molecule has 0 saturated carbocycles. The smallest absolute Gasteiger partial charge is 0.0900 e. The Kier molecular flexibility index (Phi) is 6.26. The first kappa shape index (κ1) is 15.6. The Morgan fingerprint density at radius 2 is 1.83 bits per heavy atom. The molecule has 104 valence electrons. The maximum Gasteiger partial charge on any atom is 0.0900 e. The molecule has 1 N–H and O–H groups in total. The van der Waals surface area contributed by atoms with Crippen molar-refractivity contribution in [3.63, 3.8) is 0 Å². The highest BCUT2D eigenvalue weighted by Crippen LogP contribution is 2.22. The maximum atomic E-state index is 4.63. The number of thiazole rings is 1. The first-order valence-electron chi connectivity index (χ1n) is 6.90. The van der Waals surface area contributed by atoms with E-state index in [4.69, 9.17) is 0 Å². The molecule has 2 atom stereocenters. The third-order valence-electron chi connectivity index (χ3n) is 3.31. The molecule has 0 amide bonds. The van der Waals surface area contributed by atoms with Crippen LogP contribution >= 0.6 is 11.3 Å². The van der Waals surface area contributed by atoms with E-state index < -0.39 is 0 Å². The van der Waals surface area contributed by atoms with E-state index in [-0.39, 0.29) is 0 Å². The van der Waals surface area contributed by atoms with Gasteiger partial charge in [-0.05, 0) is 40.8 Å². The molecule has 0 aliphatic rings. The number of aromatic nitrogens is 1. The van der Waals surface area contributed by atoms with E-state index >= 15 is 0 Å². The molecule has 0 fully saturated rings. The first-order chi connectivity index (χ1) is 8.47. The average molecular weight is 269 g/mol. The summed E-state index contributed by atoms with van der Waals surface area (Å²) in [6, 6.07) is 0.821. The predicted octanol–water partition coefficient (Wildman–Crippen LogP) is 3.14. The molecule has 0 aliphatic carbocycles. The highest BCUT2D eigenvalue weighted by molar-refractivity contribution is 7.11. The van der Waals surface area contributed by atoms with Gasteiger partial charge < -0.3 is 10.2 Å². The molecular weight excluding hydrogens is 242 g/mol. The van der Waals surface area contributed by atoms with Crippen molar-refractivity contribution in [3.05, 3.63) is 15.6 Å². The van der Waals surface area contributed by atoms with Gasteiger partial charge in [0.25, 0.3) is 0 Å². The van der Waals surface area contributed by atoms with Gasteiger partial charge in [0.2, 0.25) is 0 Å². The zero-order chi connectivity index (χ0) is 13.7. The van der Waals surface area contributed by atoms with Gasteiger partial charge in [-0.3, -0.25) is 0 Å². The number of hydrogen-bond donors (Lipinski definition) is 1. The number of aryl methyl sites for hydroxylation is 2. The van der Waals surface area contributed by atoms with Crippen LogP contribution < -0.4 is 5.32 Å². The van der Waals surface area contributed by atoms with Gasteiger partial charge in [0.15, 0.2) is 0 Å². The summed E-state index contributed by atoms with van der Waals surface area (Å²) in [4.78, 5) is 8.41. The molecular formula is C14H27N3S. The van der Waals surface area contributed by atoms with E-state index in [1.807, 2.05) is 0 Å². The maximum absolute atomic E-state index is 4.63. The SMILES string of the molecule is CCN(CC)CC(C)NC(C)c1nc(C)sc1C. The lowest BCUT2D eigenvalue weighted by Crippen LogP contribution is -2.40. The highest BCUT2D eigenvalue weighted by atomic mass is 32.1. The first-order valence-corrected chi connectivity index (χ1v) is 7.71. The van der Waals surface area contributed by atoms with E-state index in [1.165, 1.54) is 10.6 Å². The molecule has 0 radical (unpaired) electrons. The Balaban J connectivity index is 2.54. The van der Waals surface area contributed by atoms with Gasteiger partial charge in [-0.1, -0.05) is 13.8 Å². The van der Waals surface area contributed by atoms with E-state index in [2.05, 4.69) is 56.7 Å². The van der Waals surface area contributed by atoms with Gasteiger partial charge in [0, 0.05) is 23.5 Å². The molecule has 1 aromatic rings. The summed E-state index contributed by atoms with van der Waals surface area (Å²) in [7, 11) is 0. The summed E-state index contributed by atoms with van der Waals surface area (Å²) in [6.07, 6.45) is 0. The molecule has 18 heavy (non-hydrogen) atoms. The summed E-state index contributed by atoms with van der Waals surface area (Å²) in [5.74, 6) is 0. The lowest BCUT2D eigenvalue weighted by atomic mass is 10.2. The Morgan fingerprint density at radius 3 is 2.28 bits per heavy atom. The molecule has 0 aromatic carbocycles. The van der Waals surface area contributed by atoms with Crippen molar-refractivity contribution < 1.29 is 0 Å². The van der Waals surface area contributed by atoms with Crippen LogP contribution in [0.25, 0.3) is 0 Å². The van der Waals surface area contributed by atoms with Crippen LogP contribution in [0, 0.1) is 13.8 Å². The molecule has 0 bridgehead atoms. The Morgan fingerprint density at radius 1 is 1.22 bits per heavy atom. The number of nitrogens with zero attached hydrogens (tertiary/aromatic N) is 2. The van der Waals surface area contributed by atoms with E-state index in [0.29, 0.717) is 12.1 Å². The average Bonchev–Trinajstić information content (AvgIpc) is 2.65. The van der Waals surface area contributed by atoms with Gasteiger partial charge in [-0.2, -0.15) is 0 Å². The van der Waals surface area contributed by atoms with Crippen LogP contribution in [0.4, 0.5) is 0 Å². The van der Waals surface area contributed by atoms with Gasteiger partial charge in [-0.25, -0.2) is 4.98 Å². The summed E-state index contributed by atoms with van der Waals surface area (Å²) < 4.78 is 0. The highest BCUT2D eigenvalue weighted by Gasteiger charge is 2.16. The molecule has 0 saturated heterocycles. The normalized spacial score (nSPS) is 15.1. The molecule has 0 spiro atoms. The standard InChI is InChI=1S/C14H27N3S/c1-7-17(8-2)9-10(3)15-11(4)14-12(5)18-13(6)16-14/h10-11,15H,7-9H2,1-6H3. The monoisotopic (exact) mass is 269 g/mol. The van der Waals surface area contributed by atoms with Gasteiger partial charge in [-0.15, -0.1) is 11.3 Å². The van der Waals surface area contributed by atoms with Crippen molar-refractivity contribution in [1.82, 2.24) is 15.2 Å². The molecule has 2 unspecified atom stereocenters. The summed E-state index contributed by atoms with van der Waals surface area (Å²) in [5, 5.41) is 4.81. The third kappa shape index (κ3) is 4.34.